The van der Waals surface area contributed by atoms with E-state index in [-0.39, 0.29) is 6.61 Å². The largest absolute Gasteiger partial charge is 0.301 e. The first-order valence-electron chi connectivity index (χ1n) is 2.73. The van der Waals surface area contributed by atoms with E-state index >= 15 is 0 Å². The lowest BCUT2D eigenvalue weighted by Gasteiger charge is -2.08. The van der Waals surface area contributed by atoms with Gasteiger partial charge in [-0.3, -0.25) is 8.74 Å². The van der Waals surface area contributed by atoms with Crippen molar-refractivity contribution in [1.29, 1.82) is 0 Å². The Morgan fingerprint density at radius 2 is 2.00 bits per heavy atom. The molecule has 0 aromatic carbocycles. The zero-order valence-corrected chi connectivity index (χ0v) is 8.51. The molecule has 1 atom stereocenters. The molecule has 7 heteroatoms. The normalized spacial score (nSPS) is 14.9. The van der Waals surface area contributed by atoms with Gasteiger partial charge in [0.25, 0.3) is 0 Å². The average molecular weight is 242 g/mol. The first-order valence-corrected chi connectivity index (χ1v) is 4.89. The third kappa shape index (κ3) is 10.9. The Morgan fingerprint density at radius 3 is 2.36 bits per heavy atom. The van der Waals surface area contributed by atoms with Crippen molar-refractivity contribution in [3.8, 4) is 0 Å². The van der Waals surface area contributed by atoms with E-state index in [1.807, 2.05) is 0 Å². The monoisotopic (exact) mass is 240 g/mol. The standard InChI is InChI=1S/C4H7Cl3O3S/c5-4(6,7)2-1-3-10-11(8)9/h1-3H2,(H,8,9). The average Bonchev–Trinajstić information content (AvgIpc) is 1.78. The smallest absolute Gasteiger partial charge is 0.284 e. The molecule has 0 radical (unpaired) electrons. The SMILES string of the molecule is O=S(O)OCCCC(Cl)(Cl)Cl. The lowest BCUT2D eigenvalue weighted by molar-refractivity contribution is 0.299. The van der Waals surface area contributed by atoms with Gasteiger partial charge in [-0.25, -0.2) is 0 Å². The van der Waals surface area contributed by atoms with Crippen LogP contribution >= 0.6 is 34.8 Å². The number of hydrogen-bond donors (Lipinski definition) is 1. The van der Waals surface area contributed by atoms with Crippen molar-refractivity contribution in [2.75, 3.05) is 6.61 Å². The van der Waals surface area contributed by atoms with Crippen LogP contribution in [0.3, 0.4) is 0 Å². The molecule has 0 aliphatic rings. The van der Waals surface area contributed by atoms with Crippen molar-refractivity contribution in [1.82, 2.24) is 0 Å². The molecular weight excluding hydrogens is 234 g/mol. The van der Waals surface area contributed by atoms with Gasteiger partial charge in [-0.1, -0.05) is 34.8 Å². The predicted octanol–water partition coefficient (Wildman–Crippen LogP) is 2.29. The molecule has 0 heterocycles. The second-order valence-corrected chi connectivity index (χ2v) is 4.94. The molecule has 0 aliphatic heterocycles. The Hall–Kier alpha value is 0.940. The Morgan fingerprint density at radius 1 is 1.45 bits per heavy atom. The van der Waals surface area contributed by atoms with Crippen molar-refractivity contribution < 1.29 is 12.9 Å². The van der Waals surface area contributed by atoms with Crippen LogP contribution in [0.2, 0.25) is 0 Å². The van der Waals surface area contributed by atoms with E-state index in [1.165, 1.54) is 0 Å². The van der Waals surface area contributed by atoms with E-state index in [9.17, 15) is 4.21 Å². The lowest BCUT2D eigenvalue weighted by atomic mass is 10.4. The minimum atomic E-state index is -2.22. The molecule has 0 rings (SSSR count). The minimum Gasteiger partial charge on any atom is -0.284 e. The molecule has 0 fully saturated rings. The summed E-state index contributed by atoms with van der Waals surface area (Å²) in [6.45, 7) is 0.108. The maximum atomic E-state index is 9.91. The van der Waals surface area contributed by atoms with Gasteiger partial charge in [0, 0.05) is 0 Å². The van der Waals surface area contributed by atoms with Gasteiger partial charge in [-0.2, -0.15) is 4.21 Å². The van der Waals surface area contributed by atoms with Crippen molar-refractivity contribution >= 4 is 46.2 Å². The van der Waals surface area contributed by atoms with Crippen LogP contribution in [0.4, 0.5) is 0 Å². The summed E-state index contributed by atoms with van der Waals surface area (Å²) in [7, 11) is 0. The third-order valence-electron chi connectivity index (χ3n) is 0.789. The fourth-order valence-electron chi connectivity index (χ4n) is 0.403. The van der Waals surface area contributed by atoms with E-state index in [0.29, 0.717) is 12.8 Å². The number of alkyl halides is 3. The molecule has 0 saturated carbocycles. The van der Waals surface area contributed by atoms with Crippen LogP contribution in [-0.4, -0.2) is 19.2 Å². The Balaban J connectivity index is 3.22. The highest BCUT2D eigenvalue weighted by molar-refractivity contribution is 7.74. The maximum Gasteiger partial charge on any atom is 0.301 e. The fourth-order valence-corrected chi connectivity index (χ4v) is 1.06. The molecular formula is C4H7Cl3O3S. The Kier molecular flexibility index (Phi) is 6.04. The summed E-state index contributed by atoms with van der Waals surface area (Å²) in [4.78, 5) is 0. The van der Waals surface area contributed by atoms with Crippen LogP contribution in [0.5, 0.6) is 0 Å². The fraction of sp³-hybridized carbons (Fsp3) is 1.00. The maximum absolute atomic E-state index is 9.91. The van der Waals surface area contributed by atoms with Crippen LogP contribution in [0, 0.1) is 0 Å². The lowest BCUT2D eigenvalue weighted by Crippen LogP contribution is -2.05. The number of rotatable bonds is 4. The summed E-state index contributed by atoms with van der Waals surface area (Å²) in [5.41, 5.74) is 0. The van der Waals surface area contributed by atoms with E-state index in [4.69, 9.17) is 39.4 Å². The third-order valence-corrected chi connectivity index (χ3v) is 1.72. The van der Waals surface area contributed by atoms with Crippen molar-refractivity contribution in [2.45, 2.75) is 16.6 Å². The summed E-state index contributed by atoms with van der Waals surface area (Å²) >= 11 is 13.9. The molecule has 0 aliphatic carbocycles. The van der Waals surface area contributed by atoms with Gasteiger partial charge >= 0.3 is 11.4 Å². The van der Waals surface area contributed by atoms with E-state index in [2.05, 4.69) is 4.18 Å². The van der Waals surface area contributed by atoms with E-state index < -0.39 is 15.2 Å². The van der Waals surface area contributed by atoms with Crippen LogP contribution < -0.4 is 0 Å². The second kappa shape index (κ2) is 5.56. The van der Waals surface area contributed by atoms with Gasteiger partial charge < -0.3 is 0 Å². The molecule has 0 aromatic rings. The minimum absolute atomic E-state index is 0.108. The van der Waals surface area contributed by atoms with Gasteiger partial charge in [0.2, 0.25) is 0 Å². The molecule has 0 amide bonds. The topological polar surface area (TPSA) is 46.5 Å². The highest BCUT2D eigenvalue weighted by atomic mass is 35.6. The summed E-state index contributed by atoms with van der Waals surface area (Å²) in [6.07, 6.45) is 0.734. The molecule has 11 heavy (non-hydrogen) atoms. The highest BCUT2D eigenvalue weighted by Crippen LogP contribution is 2.31. The van der Waals surface area contributed by atoms with Gasteiger partial charge in [0.05, 0.1) is 6.61 Å². The molecule has 0 aromatic heterocycles. The van der Waals surface area contributed by atoms with Crippen LogP contribution in [0.25, 0.3) is 0 Å². The molecule has 0 bridgehead atoms. The predicted molar refractivity (Wildman–Crippen MR) is 46.2 cm³/mol. The number of hydrogen-bond acceptors (Lipinski definition) is 2. The quantitative estimate of drug-likeness (QED) is 0.467. The molecule has 1 N–H and O–H groups in total. The first kappa shape index (κ1) is 11.9. The molecule has 1 unspecified atom stereocenters. The van der Waals surface area contributed by atoms with Crippen molar-refractivity contribution in [3.05, 3.63) is 0 Å². The van der Waals surface area contributed by atoms with Crippen LogP contribution in [-0.2, 0) is 15.5 Å². The number of halogens is 3. The van der Waals surface area contributed by atoms with E-state index in [1.54, 1.807) is 0 Å². The van der Waals surface area contributed by atoms with Gasteiger partial charge in [0.1, 0.15) is 0 Å². The Labute approximate surface area is 82.4 Å². The summed E-state index contributed by atoms with van der Waals surface area (Å²) in [5, 5.41) is 0. The molecule has 68 valence electrons. The van der Waals surface area contributed by atoms with Gasteiger partial charge in [-0.15, -0.1) is 0 Å². The van der Waals surface area contributed by atoms with E-state index in [0.717, 1.165) is 0 Å². The summed E-state index contributed by atoms with van der Waals surface area (Å²) in [5.74, 6) is 0. The molecule has 3 nitrogen and oxygen atoms in total. The van der Waals surface area contributed by atoms with Crippen molar-refractivity contribution in [2.24, 2.45) is 0 Å². The van der Waals surface area contributed by atoms with Crippen molar-refractivity contribution in [3.63, 3.8) is 0 Å². The van der Waals surface area contributed by atoms with Gasteiger partial charge in [0.15, 0.2) is 3.79 Å². The van der Waals surface area contributed by atoms with Crippen LogP contribution in [0.15, 0.2) is 0 Å². The van der Waals surface area contributed by atoms with Crippen LogP contribution in [0.1, 0.15) is 12.8 Å². The zero-order valence-electron chi connectivity index (χ0n) is 5.43. The zero-order chi connectivity index (χ0) is 8.91. The Bertz CT molecular complexity index is 135. The first-order chi connectivity index (χ1) is 4.92. The second-order valence-electron chi connectivity index (χ2n) is 1.76. The molecule has 0 saturated heterocycles. The summed E-state index contributed by atoms with van der Waals surface area (Å²) < 4.78 is 21.0. The molecule has 0 spiro atoms. The summed E-state index contributed by atoms with van der Waals surface area (Å²) in [6, 6.07) is 0. The highest BCUT2D eigenvalue weighted by Gasteiger charge is 2.18. The van der Waals surface area contributed by atoms with Gasteiger partial charge in [-0.05, 0) is 12.8 Å².